The minimum absolute atomic E-state index is 0.0981. The van der Waals surface area contributed by atoms with Gasteiger partial charge in [-0.05, 0) is 25.1 Å². The maximum absolute atomic E-state index is 10.9. The first-order valence-electron chi connectivity index (χ1n) is 4.88. The van der Waals surface area contributed by atoms with Gasteiger partial charge >= 0.3 is 5.97 Å². The number of rotatable bonds is 6. The highest BCUT2D eigenvalue weighted by Crippen LogP contribution is 2.23. The Balaban J connectivity index is 2.68. The van der Waals surface area contributed by atoms with Crippen LogP contribution in [0.25, 0.3) is 0 Å². The first-order valence-corrected chi connectivity index (χ1v) is 5.26. The maximum atomic E-state index is 10.9. The van der Waals surface area contributed by atoms with Gasteiger partial charge in [-0.3, -0.25) is 0 Å². The van der Waals surface area contributed by atoms with Crippen molar-refractivity contribution in [1.82, 2.24) is 0 Å². The lowest BCUT2D eigenvalue weighted by Crippen LogP contribution is -2.09. The number of hydrogen-bond acceptors (Lipinski definition) is 3. The van der Waals surface area contributed by atoms with Gasteiger partial charge in [-0.1, -0.05) is 11.6 Å². The smallest absolute Gasteiger partial charge is 0.339 e. The zero-order valence-electron chi connectivity index (χ0n) is 8.90. The van der Waals surface area contributed by atoms with E-state index in [1.807, 2.05) is 6.92 Å². The molecule has 4 nitrogen and oxygen atoms in total. The van der Waals surface area contributed by atoms with Gasteiger partial charge < -0.3 is 14.6 Å². The lowest BCUT2D eigenvalue weighted by Gasteiger charge is -2.09. The van der Waals surface area contributed by atoms with Crippen molar-refractivity contribution >= 4 is 17.6 Å². The minimum Gasteiger partial charge on any atom is -0.490 e. The molecular formula is C11H13ClO4. The van der Waals surface area contributed by atoms with Crippen molar-refractivity contribution in [3.63, 3.8) is 0 Å². The second-order valence-electron chi connectivity index (χ2n) is 2.99. The van der Waals surface area contributed by atoms with Crippen molar-refractivity contribution < 1.29 is 19.4 Å². The number of halogens is 1. The third kappa shape index (κ3) is 3.72. The summed E-state index contributed by atoms with van der Waals surface area (Å²) in [5.41, 5.74) is 0.0981. The molecule has 0 fully saturated rings. The van der Waals surface area contributed by atoms with Crippen molar-refractivity contribution in [2.45, 2.75) is 6.92 Å². The van der Waals surface area contributed by atoms with Crippen LogP contribution in [0.1, 0.15) is 17.3 Å². The third-order valence-corrected chi connectivity index (χ3v) is 2.10. The lowest BCUT2D eigenvalue weighted by molar-refractivity contribution is 0.0687. The number of aromatic carboxylic acids is 1. The molecule has 1 rings (SSSR count). The standard InChI is InChI=1S/C11H13ClO4/c1-2-15-5-6-16-10-7-8(12)3-4-9(10)11(13)14/h3-4,7H,2,5-6H2,1H3,(H,13,14). The first kappa shape index (κ1) is 12.8. The van der Waals surface area contributed by atoms with Gasteiger partial charge in [0.25, 0.3) is 0 Å². The minimum atomic E-state index is -1.04. The van der Waals surface area contributed by atoms with E-state index in [-0.39, 0.29) is 11.3 Å². The van der Waals surface area contributed by atoms with Gasteiger partial charge in [0, 0.05) is 11.6 Å². The number of hydrogen-bond donors (Lipinski definition) is 1. The lowest BCUT2D eigenvalue weighted by atomic mass is 10.2. The molecular weight excluding hydrogens is 232 g/mol. The molecule has 0 saturated carbocycles. The average Bonchev–Trinajstić information content (AvgIpc) is 2.24. The molecule has 5 heteroatoms. The summed E-state index contributed by atoms with van der Waals surface area (Å²) in [5, 5.41) is 9.35. The summed E-state index contributed by atoms with van der Waals surface area (Å²) >= 11 is 5.76. The van der Waals surface area contributed by atoms with Crippen molar-refractivity contribution in [2.75, 3.05) is 19.8 Å². The SMILES string of the molecule is CCOCCOc1cc(Cl)ccc1C(=O)O. The number of benzene rings is 1. The molecule has 0 aliphatic rings. The van der Waals surface area contributed by atoms with E-state index in [1.54, 1.807) is 0 Å². The summed E-state index contributed by atoms with van der Waals surface area (Å²) in [4.78, 5) is 10.9. The zero-order chi connectivity index (χ0) is 12.0. The van der Waals surface area contributed by atoms with Gasteiger partial charge in [0.05, 0.1) is 6.61 Å². The second kappa shape index (κ2) is 6.35. The molecule has 1 N–H and O–H groups in total. The van der Waals surface area contributed by atoms with Crippen LogP contribution < -0.4 is 4.74 Å². The zero-order valence-corrected chi connectivity index (χ0v) is 9.66. The molecule has 1 aromatic carbocycles. The molecule has 0 unspecified atom stereocenters. The molecule has 0 aliphatic carbocycles. The Morgan fingerprint density at radius 3 is 2.81 bits per heavy atom. The van der Waals surface area contributed by atoms with Crippen molar-refractivity contribution in [3.05, 3.63) is 28.8 Å². The molecule has 16 heavy (non-hydrogen) atoms. The summed E-state index contributed by atoms with van der Waals surface area (Å²) in [6, 6.07) is 4.41. The largest absolute Gasteiger partial charge is 0.490 e. The fourth-order valence-electron chi connectivity index (χ4n) is 1.15. The van der Waals surface area contributed by atoms with E-state index in [2.05, 4.69) is 0 Å². The monoisotopic (exact) mass is 244 g/mol. The normalized spacial score (nSPS) is 10.1. The van der Waals surface area contributed by atoms with Crippen LogP contribution in [0.5, 0.6) is 5.75 Å². The van der Waals surface area contributed by atoms with E-state index >= 15 is 0 Å². The molecule has 1 aromatic rings. The van der Waals surface area contributed by atoms with Crippen LogP contribution in [0, 0.1) is 0 Å². The Hall–Kier alpha value is -1.26. The quantitative estimate of drug-likeness (QED) is 0.781. The molecule has 0 radical (unpaired) electrons. The molecule has 0 bridgehead atoms. The van der Waals surface area contributed by atoms with Gasteiger partial charge in [0.2, 0.25) is 0 Å². The van der Waals surface area contributed by atoms with Crippen LogP contribution in [-0.2, 0) is 4.74 Å². The molecule has 88 valence electrons. The molecule has 0 amide bonds. The summed E-state index contributed by atoms with van der Waals surface area (Å²) in [6.07, 6.45) is 0. The highest BCUT2D eigenvalue weighted by Gasteiger charge is 2.11. The van der Waals surface area contributed by atoms with E-state index in [4.69, 9.17) is 26.2 Å². The van der Waals surface area contributed by atoms with Crippen molar-refractivity contribution in [1.29, 1.82) is 0 Å². The summed E-state index contributed by atoms with van der Waals surface area (Å²) in [5.74, 6) is -0.775. The van der Waals surface area contributed by atoms with Crippen molar-refractivity contribution in [3.8, 4) is 5.75 Å². The van der Waals surface area contributed by atoms with Crippen LogP contribution in [0.3, 0.4) is 0 Å². The predicted molar refractivity (Wildman–Crippen MR) is 60.4 cm³/mol. The van der Waals surface area contributed by atoms with Crippen LogP contribution in [0.4, 0.5) is 0 Å². The second-order valence-corrected chi connectivity index (χ2v) is 3.43. The van der Waals surface area contributed by atoms with Gasteiger partial charge in [-0.2, -0.15) is 0 Å². The Kier molecular flexibility index (Phi) is 5.08. The van der Waals surface area contributed by atoms with Crippen LogP contribution in [-0.4, -0.2) is 30.9 Å². The highest BCUT2D eigenvalue weighted by atomic mass is 35.5. The molecule has 0 saturated heterocycles. The maximum Gasteiger partial charge on any atom is 0.339 e. The number of carboxylic acids is 1. The summed E-state index contributed by atoms with van der Waals surface area (Å²) in [7, 11) is 0. The Labute approximate surface area is 98.7 Å². The fraction of sp³-hybridized carbons (Fsp3) is 0.364. The van der Waals surface area contributed by atoms with Gasteiger partial charge in [-0.15, -0.1) is 0 Å². The Morgan fingerprint density at radius 1 is 1.44 bits per heavy atom. The molecule has 0 aliphatic heterocycles. The third-order valence-electron chi connectivity index (χ3n) is 1.86. The van der Waals surface area contributed by atoms with E-state index in [0.717, 1.165) is 0 Å². The molecule has 0 aromatic heterocycles. The van der Waals surface area contributed by atoms with E-state index in [1.165, 1.54) is 18.2 Å². The molecule has 0 spiro atoms. The number of carbonyl (C=O) groups is 1. The summed E-state index contributed by atoms with van der Waals surface area (Å²) < 4.78 is 10.4. The molecule has 0 heterocycles. The van der Waals surface area contributed by atoms with Crippen molar-refractivity contribution in [2.24, 2.45) is 0 Å². The predicted octanol–water partition coefficient (Wildman–Crippen LogP) is 2.45. The van der Waals surface area contributed by atoms with E-state index in [9.17, 15) is 4.79 Å². The fourth-order valence-corrected chi connectivity index (χ4v) is 1.31. The van der Waals surface area contributed by atoms with E-state index in [0.29, 0.717) is 24.8 Å². The van der Waals surface area contributed by atoms with Crippen LogP contribution in [0.2, 0.25) is 5.02 Å². The first-order chi connectivity index (χ1) is 7.65. The van der Waals surface area contributed by atoms with Gasteiger partial charge in [0.1, 0.15) is 17.9 Å². The van der Waals surface area contributed by atoms with Crippen LogP contribution >= 0.6 is 11.6 Å². The molecule has 0 atom stereocenters. The highest BCUT2D eigenvalue weighted by molar-refractivity contribution is 6.30. The van der Waals surface area contributed by atoms with Gasteiger partial charge in [-0.25, -0.2) is 4.79 Å². The van der Waals surface area contributed by atoms with Gasteiger partial charge in [0.15, 0.2) is 0 Å². The number of ether oxygens (including phenoxy) is 2. The average molecular weight is 245 g/mol. The topological polar surface area (TPSA) is 55.8 Å². The summed E-state index contributed by atoms with van der Waals surface area (Å²) in [6.45, 7) is 3.20. The Bertz CT molecular complexity index is 365. The van der Waals surface area contributed by atoms with Crippen LogP contribution in [0.15, 0.2) is 18.2 Å². The Morgan fingerprint density at radius 2 is 2.19 bits per heavy atom. The van der Waals surface area contributed by atoms with E-state index < -0.39 is 5.97 Å². The number of carboxylic acid groups (broad SMARTS) is 1.